The molecule has 0 saturated carbocycles. The summed E-state index contributed by atoms with van der Waals surface area (Å²) in [5.74, 6) is 1.86. The maximum Gasteiger partial charge on any atom is 0.245 e. The van der Waals surface area contributed by atoms with E-state index in [1.807, 2.05) is 32.0 Å². The van der Waals surface area contributed by atoms with Crippen LogP contribution in [0.3, 0.4) is 0 Å². The SMILES string of the molecule is COc1ccc([C@@H]2CC(=O)N(CC(=O)Nc3nc(C(C)C)ns3)C2)cc1O[C@@H]1CCOC1. The van der Waals surface area contributed by atoms with E-state index in [0.717, 1.165) is 23.5 Å². The zero-order valence-electron chi connectivity index (χ0n) is 18.5. The van der Waals surface area contributed by atoms with Crippen LogP contribution in [-0.2, 0) is 14.3 Å². The first-order valence-electron chi connectivity index (χ1n) is 10.8. The number of nitrogens with one attached hydrogen (secondary N) is 1. The van der Waals surface area contributed by atoms with Crippen LogP contribution < -0.4 is 14.8 Å². The summed E-state index contributed by atoms with van der Waals surface area (Å²) >= 11 is 1.15. The van der Waals surface area contributed by atoms with Gasteiger partial charge in [0.25, 0.3) is 0 Å². The minimum Gasteiger partial charge on any atom is -0.493 e. The summed E-state index contributed by atoms with van der Waals surface area (Å²) in [7, 11) is 1.61. The molecule has 172 valence electrons. The van der Waals surface area contributed by atoms with E-state index >= 15 is 0 Å². The number of hydrogen-bond acceptors (Lipinski definition) is 8. The predicted molar refractivity (Wildman–Crippen MR) is 119 cm³/mol. The maximum atomic E-state index is 12.6. The van der Waals surface area contributed by atoms with Gasteiger partial charge in [0.05, 0.1) is 26.9 Å². The van der Waals surface area contributed by atoms with Crippen molar-refractivity contribution >= 4 is 28.5 Å². The lowest BCUT2D eigenvalue weighted by Crippen LogP contribution is -2.34. The minimum absolute atomic E-state index is 0.00103. The quantitative estimate of drug-likeness (QED) is 0.646. The van der Waals surface area contributed by atoms with Crippen molar-refractivity contribution in [3.05, 3.63) is 29.6 Å². The summed E-state index contributed by atoms with van der Waals surface area (Å²) < 4.78 is 21.1. The molecule has 1 aromatic carbocycles. The second kappa shape index (κ2) is 9.83. The monoisotopic (exact) mass is 460 g/mol. The topological polar surface area (TPSA) is 103 Å². The van der Waals surface area contributed by atoms with Gasteiger partial charge >= 0.3 is 0 Å². The van der Waals surface area contributed by atoms with E-state index in [1.165, 1.54) is 0 Å². The van der Waals surface area contributed by atoms with Gasteiger partial charge in [-0.1, -0.05) is 19.9 Å². The van der Waals surface area contributed by atoms with Gasteiger partial charge in [0.15, 0.2) is 11.5 Å². The number of nitrogens with zero attached hydrogens (tertiary/aromatic N) is 3. The van der Waals surface area contributed by atoms with Crippen LogP contribution in [0.5, 0.6) is 11.5 Å². The van der Waals surface area contributed by atoms with Crippen molar-refractivity contribution < 1.29 is 23.8 Å². The predicted octanol–water partition coefficient (Wildman–Crippen LogP) is 2.79. The zero-order valence-corrected chi connectivity index (χ0v) is 19.3. The third kappa shape index (κ3) is 5.18. The summed E-state index contributed by atoms with van der Waals surface area (Å²) in [5, 5.41) is 3.20. The van der Waals surface area contributed by atoms with Gasteiger partial charge < -0.3 is 19.1 Å². The van der Waals surface area contributed by atoms with Crippen molar-refractivity contribution in [3.8, 4) is 11.5 Å². The molecule has 2 saturated heterocycles. The third-order valence-electron chi connectivity index (χ3n) is 5.59. The zero-order chi connectivity index (χ0) is 22.7. The Morgan fingerprint density at radius 3 is 2.91 bits per heavy atom. The van der Waals surface area contributed by atoms with E-state index < -0.39 is 0 Å². The molecule has 32 heavy (non-hydrogen) atoms. The van der Waals surface area contributed by atoms with Crippen LogP contribution in [0.15, 0.2) is 18.2 Å². The van der Waals surface area contributed by atoms with E-state index in [4.69, 9.17) is 14.2 Å². The number of anilines is 1. The molecule has 1 aromatic heterocycles. The van der Waals surface area contributed by atoms with E-state index in [9.17, 15) is 9.59 Å². The summed E-state index contributed by atoms with van der Waals surface area (Å²) in [6.07, 6.45) is 1.19. The van der Waals surface area contributed by atoms with Crippen LogP contribution >= 0.6 is 11.5 Å². The Balaban J connectivity index is 1.38. The highest BCUT2D eigenvalue weighted by Gasteiger charge is 2.32. The van der Waals surface area contributed by atoms with Gasteiger partial charge in [-0.3, -0.25) is 14.9 Å². The number of benzene rings is 1. The number of ether oxygens (including phenoxy) is 3. The molecule has 2 aliphatic rings. The molecular weight excluding hydrogens is 432 g/mol. The molecule has 1 N–H and O–H groups in total. The highest BCUT2D eigenvalue weighted by Crippen LogP contribution is 2.36. The van der Waals surface area contributed by atoms with Gasteiger partial charge in [-0.15, -0.1) is 0 Å². The van der Waals surface area contributed by atoms with E-state index in [1.54, 1.807) is 12.0 Å². The van der Waals surface area contributed by atoms with E-state index in [0.29, 0.717) is 48.6 Å². The van der Waals surface area contributed by atoms with Gasteiger partial charge in [0.1, 0.15) is 11.9 Å². The summed E-state index contributed by atoms with van der Waals surface area (Å²) in [4.78, 5) is 30.9. The molecule has 0 spiro atoms. The first kappa shape index (κ1) is 22.5. The third-order valence-corrected chi connectivity index (χ3v) is 6.24. The lowest BCUT2D eigenvalue weighted by atomic mass is 9.98. The number of methoxy groups -OCH3 is 1. The first-order chi connectivity index (χ1) is 15.4. The summed E-state index contributed by atoms with van der Waals surface area (Å²) in [6.45, 7) is 5.70. The van der Waals surface area contributed by atoms with Gasteiger partial charge in [-0.25, -0.2) is 4.98 Å². The van der Waals surface area contributed by atoms with Crippen molar-refractivity contribution in [1.82, 2.24) is 14.3 Å². The average Bonchev–Trinajstić information content (AvgIpc) is 3.51. The molecule has 0 radical (unpaired) electrons. The second-order valence-corrected chi connectivity index (χ2v) is 9.10. The minimum atomic E-state index is -0.273. The van der Waals surface area contributed by atoms with Gasteiger partial charge in [-0.2, -0.15) is 4.37 Å². The molecule has 4 rings (SSSR count). The molecule has 2 fully saturated rings. The number of likely N-dealkylation sites (tertiary alicyclic amines) is 1. The molecule has 2 atom stereocenters. The fraction of sp³-hybridized carbons (Fsp3) is 0.545. The Bertz CT molecular complexity index is 973. The smallest absolute Gasteiger partial charge is 0.245 e. The first-order valence-corrected chi connectivity index (χ1v) is 11.5. The maximum absolute atomic E-state index is 12.6. The van der Waals surface area contributed by atoms with Gasteiger partial charge in [0, 0.05) is 42.8 Å². The van der Waals surface area contributed by atoms with Crippen LogP contribution in [0.25, 0.3) is 0 Å². The fourth-order valence-corrected chi connectivity index (χ4v) is 4.55. The standard InChI is InChI=1S/C22H28N4O5S/c1-13(2)21-24-22(32-25-21)23-19(27)11-26-10-15(9-20(26)28)14-4-5-17(29-3)18(8-14)31-16-6-7-30-12-16/h4-5,8,13,15-16H,6-7,9-12H2,1-3H3,(H,23,24,25,27)/t15-,16-/m1/s1. The van der Waals surface area contributed by atoms with Crippen LogP contribution in [0.2, 0.25) is 0 Å². The van der Waals surface area contributed by atoms with Crippen LogP contribution in [0.1, 0.15) is 49.9 Å². The molecular formula is C22H28N4O5S. The Labute approximate surface area is 191 Å². The van der Waals surface area contributed by atoms with Crippen molar-refractivity contribution in [1.29, 1.82) is 0 Å². The molecule has 9 nitrogen and oxygen atoms in total. The van der Waals surface area contributed by atoms with Gasteiger partial charge in [0.2, 0.25) is 16.9 Å². The van der Waals surface area contributed by atoms with Gasteiger partial charge in [-0.05, 0) is 17.7 Å². The lowest BCUT2D eigenvalue weighted by Gasteiger charge is -2.18. The van der Waals surface area contributed by atoms with Crippen molar-refractivity contribution in [3.63, 3.8) is 0 Å². The number of rotatable bonds is 8. The number of carbonyl (C=O) groups excluding carboxylic acids is 2. The molecule has 0 aliphatic carbocycles. The normalized spacial score (nSPS) is 20.8. The Hall–Kier alpha value is -2.72. The molecule has 3 heterocycles. The van der Waals surface area contributed by atoms with E-state index in [2.05, 4.69) is 14.7 Å². The number of carbonyl (C=O) groups is 2. The molecule has 0 bridgehead atoms. The Morgan fingerprint density at radius 1 is 1.38 bits per heavy atom. The molecule has 2 amide bonds. The van der Waals surface area contributed by atoms with E-state index in [-0.39, 0.29) is 36.3 Å². The summed E-state index contributed by atoms with van der Waals surface area (Å²) in [5.41, 5.74) is 0.988. The van der Waals surface area contributed by atoms with Crippen molar-refractivity contribution in [2.24, 2.45) is 0 Å². The van der Waals surface area contributed by atoms with Crippen LogP contribution in [0, 0.1) is 0 Å². The fourth-order valence-electron chi connectivity index (χ4n) is 3.83. The highest BCUT2D eigenvalue weighted by atomic mass is 32.1. The Kier molecular flexibility index (Phi) is 6.90. The van der Waals surface area contributed by atoms with Crippen LogP contribution in [-0.4, -0.2) is 65.6 Å². The number of amides is 2. The highest BCUT2D eigenvalue weighted by molar-refractivity contribution is 7.09. The Morgan fingerprint density at radius 2 is 2.22 bits per heavy atom. The second-order valence-electron chi connectivity index (χ2n) is 8.35. The molecule has 2 aliphatic heterocycles. The average molecular weight is 461 g/mol. The summed E-state index contributed by atoms with van der Waals surface area (Å²) in [6, 6.07) is 5.75. The number of aromatic nitrogens is 2. The molecule has 0 unspecified atom stereocenters. The molecule has 2 aromatic rings. The van der Waals surface area contributed by atoms with Crippen molar-refractivity contribution in [2.45, 2.75) is 44.6 Å². The number of hydrogen-bond donors (Lipinski definition) is 1. The lowest BCUT2D eigenvalue weighted by molar-refractivity contribution is -0.131. The van der Waals surface area contributed by atoms with Crippen molar-refractivity contribution in [2.75, 3.05) is 38.7 Å². The molecule has 10 heteroatoms. The largest absolute Gasteiger partial charge is 0.493 e. The van der Waals surface area contributed by atoms with Crippen LogP contribution in [0.4, 0.5) is 5.13 Å².